The Morgan fingerprint density at radius 2 is 1.30 bits per heavy atom. The van der Waals surface area contributed by atoms with Crippen LogP contribution in [-0.4, -0.2) is 32.0 Å². The van der Waals surface area contributed by atoms with Crippen LogP contribution in [0.1, 0.15) is 96.0 Å². The van der Waals surface area contributed by atoms with Crippen LogP contribution in [0.5, 0.6) is 11.5 Å². The predicted octanol–water partition coefficient (Wildman–Crippen LogP) is 11.9. The normalized spacial score (nSPS) is 11.8. The molecule has 1 unspecified atom stereocenters. The Morgan fingerprint density at radius 3 is 1.86 bits per heavy atom. The molecular weight excluding hydrogens is 707 g/mol. The van der Waals surface area contributed by atoms with Crippen molar-refractivity contribution in [2.24, 2.45) is 0 Å². The summed E-state index contributed by atoms with van der Waals surface area (Å²) in [5.41, 5.74) is 3.18. The maximum atomic E-state index is 14.0. The molecule has 0 radical (unpaired) electrons. The Balaban J connectivity index is 1.17. The number of carbonyl (C=O) groups is 1. The number of carbonyl (C=O) groups excluding carboxylic acids is 1. The van der Waals surface area contributed by atoms with Crippen LogP contribution in [0.3, 0.4) is 0 Å². The molecule has 0 aliphatic rings. The first-order valence-electron chi connectivity index (χ1n) is 16.1. The highest BCUT2D eigenvalue weighted by Crippen LogP contribution is 2.32. The van der Waals surface area contributed by atoms with Crippen LogP contribution >= 0.6 is 43.2 Å². The fraction of sp³-hybridized carbons (Fsp3) is 0.528. The number of esters is 1. The van der Waals surface area contributed by atoms with Crippen LogP contribution < -0.4 is 9.47 Å². The minimum absolute atomic E-state index is 0.117. The second-order valence-electron chi connectivity index (χ2n) is 11.2. The van der Waals surface area contributed by atoms with Crippen LogP contribution in [0.15, 0.2) is 62.2 Å². The predicted molar refractivity (Wildman–Crippen MR) is 188 cm³/mol. The van der Waals surface area contributed by atoms with Gasteiger partial charge in [0.05, 0.1) is 27.2 Å². The zero-order chi connectivity index (χ0) is 31.4. The van der Waals surface area contributed by atoms with Crippen molar-refractivity contribution in [2.75, 3.05) is 19.8 Å². The number of alkyl halides is 1. The van der Waals surface area contributed by atoms with Gasteiger partial charge < -0.3 is 14.2 Å². The summed E-state index contributed by atoms with van der Waals surface area (Å²) in [6.07, 6.45) is 13.4. The Labute approximate surface area is 284 Å². The van der Waals surface area contributed by atoms with Gasteiger partial charge in [0.15, 0.2) is 0 Å². The van der Waals surface area contributed by atoms with Crippen LogP contribution in [0.25, 0.3) is 11.1 Å². The van der Waals surface area contributed by atoms with Gasteiger partial charge in [0.25, 0.3) is 0 Å². The first-order valence-corrected chi connectivity index (χ1v) is 18.5. The fourth-order valence-corrected chi connectivity index (χ4v) is 7.72. The minimum Gasteiger partial charge on any atom is -0.494 e. The van der Waals surface area contributed by atoms with E-state index in [1.807, 2.05) is 42.5 Å². The minimum atomic E-state index is -0.908. The third-order valence-electron chi connectivity index (χ3n) is 7.48. The molecule has 4 nitrogen and oxygen atoms in total. The summed E-state index contributed by atoms with van der Waals surface area (Å²) in [6.45, 7) is 3.51. The van der Waals surface area contributed by atoms with Crippen molar-refractivity contribution in [1.82, 2.24) is 0 Å². The lowest BCUT2D eigenvalue weighted by Gasteiger charge is -2.11. The van der Waals surface area contributed by atoms with Crippen LogP contribution in [0.4, 0.5) is 4.39 Å². The lowest BCUT2D eigenvalue weighted by atomic mass is 10.1. The molecule has 0 saturated carbocycles. The molecule has 2 aromatic carbocycles. The van der Waals surface area contributed by atoms with E-state index in [4.69, 9.17) is 14.2 Å². The van der Waals surface area contributed by atoms with Crippen LogP contribution in [0, 0.1) is 0 Å². The van der Waals surface area contributed by atoms with Crippen molar-refractivity contribution in [3.63, 3.8) is 0 Å². The van der Waals surface area contributed by atoms with Gasteiger partial charge in [0.1, 0.15) is 24.3 Å². The lowest BCUT2D eigenvalue weighted by molar-refractivity contribution is -0.142. The maximum Gasteiger partial charge on any atom is 0.310 e. The summed E-state index contributed by atoms with van der Waals surface area (Å²) in [4.78, 5) is 12.0. The van der Waals surface area contributed by atoms with E-state index in [1.165, 1.54) is 38.5 Å². The van der Waals surface area contributed by atoms with E-state index in [9.17, 15) is 9.18 Å². The first kappa shape index (κ1) is 36.6. The van der Waals surface area contributed by atoms with Crippen molar-refractivity contribution in [3.05, 3.63) is 67.7 Å². The molecule has 0 amide bonds. The van der Waals surface area contributed by atoms with Gasteiger partial charge in [0.2, 0.25) is 0 Å². The van der Waals surface area contributed by atoms with Gasteiger partial charge >= 0.3 is 5.97 Å². The average Bonchev–Trinajstić information content (AvgIpc) is 3.34. The van der Waals surface area contributed by atoms with E-state index >= 15 is 0 Å². The maximum absolute atomic E-state index is 14.0. The molecule has 0 aliphatic carbocycles. The Kier molecular flexibility index (Phi) is 18.1. The van der Waals surface area contributed by atoms with Crippen molar-refractivity contribution in [1.29, 1.82) is 0 Å². The summed E-state index contributed by atoms with van der Waals surface area (Å²) >= 11 is 8.48. The summed E-state index contributed by atoms with van der Waals surface area (Å²) in [7, 11) is 0. The number of benzene rings is 2. The summed E-state index contributed by atoms with van der Waals surface area (Å²) in [5, 5.41) is 0. The number of ether oxygens (including phenoxy) is 3. The Bertz CT molecular complexity index is 1200. The van der Waals surface area contributed by atoms with E-state index in [-0.39, 0.29) is 12.6 Å². The number of halogens is 3. The molecule has 44 heavy (non-hydrogen) atoms. The molecule has 0 aliphatic heterocycles. The molecule has 8 heteroatoms. The van der Waals surface area contributed by atoms with Crippen LogP contribution in [0.2, 0.25) is 0 Å². The van der Waals surface area contributed by atoms with E-state index in [1.54, 1.807) is 11.3 Å². The number of unbranched alkanes of at least 4 members (excludes halogenated alkanes) is 10. The van der Waals surface area contributed by atoms with Crippen molar-refractivity contribution < 1.29 is 23.4 Å². The second-order valence-corrected chi connectivity index (χ2v) is 15.0. The molecule has 0 N–H and O–H groups in total. The van der Waals surface area contributed by atoms with Crippen molar-refractivity contribution in [2.45, 2.75) is 103 Å². The molecule has 0 fully saturated rings. The van der Waals surface area contributed by atoms with Gasteiger partial charge in [-0.1, -0.05) is 95.4 Å². The lowest BCUT2D eigenvalue weighted by Crippen LogP contribution is -2.12. The van der Waals surface area contributed by atoms with Gasteiger partial charge in [-0.2, -0.15) is 0 Å². The molecule has 242 valence electrons. The van der Waals surface area contributed by atoms with Crippen molar-refractivity contribution >= 4 is 49.2 Å². The summed E-state index contributed by atoms with van der Waals surface area (Å²) in [6, 6.07) is 18.0. The van der Waals surface area contributed by atoms with Crippen molar-refractivity contribution in [3.8, 4) is 22.6 Å². The highest BCUT2D eigenvalue weighted by molar-refractivity contribution is 9.12. The average molecular weight is 755 g/mol. The quantitative estimate of drug-likeness (QED) is 0.0714. The molecule has 0 spiro atoms. The standard InChI is InChI=1S/C36H47Br2FO4S/c1-2-3-4-11-14-31(39)27-43-33-21-17-29(18-22-33)28-15-19-32(20-16-28)41-23-12-9-7-5-6-8-10-13-24-42-35(40)26-30-25-34(37)44-36(30)38/h15-22,25,31H,2-14,23-24,26-27H2,1H3. The van der Waals surface area contributed by atoms with Gasteiger partial charge in [-0.25, -0.2) is 4.39 Å². The molecular formula is C36H47Br2FO4S. The topological polar surface area (TPSA) is 44.8 Å². The second kappa shape index (κ2) is 21.8. The molecule has 1 heterocycles. The van der Waals surface area contributed by atoms with E-state index in [0.29, 0.717) is 25.2 Å². The van der Waals surface area contributed by atoms with Gasteiger partial charge in [-0.05, 0) is 98.1 Å². The summed E-state index contributed by atoms with van der Waals surface area (Å²) < 4.78 is 33.0. The first-order chi connectivity index (χ1) is 21.4. The molecule has 3 rings (SSSR count). The molecule has 0 bridgehead atoms. The highest BCUT2D eigenvalue weighted by atomic mass is 79.9. The zero-order valence-electron chi connectivity index (χ0n) is 26.0. The van der Waals surface area contributed by atoms with Gasteiger partial charge in [-0.15, -0.1) is 11.3 Å². The number of rotatable bonds is 23. The van der Waals surface area contributed by atoms with E-state index in [2.05, 4.69) is 50.9 Å². The smallest absolute Gasteiger partial charge is 0.310 e. The van der Waals surface area contributed by atoms with Gasteiger partial charge in [0, 0.05) is 0 Å². The van der Waals surface area contributed by atoms with E-state index < -0.39 is 6.17 Å². The molecule has 1 atom stereocenters. The monoisotopic (exact) mass is 752 g/mol. The molecule has 0 saturated heterocycles. The Hall–Kier alpha value is -1.90. The molecule has 3 aromatic rings. The number of hydrogen-bond acceptors (Lipinski definition) is 5. The Morgan fingerprint density at radius 1 is 0.750 bits per heavy atom. The zero-order valence-corrected chi connectivity index (χ0v) is 30.0. The third-order valence-corrected chi connectivity index (χ3v) is 9.94. The largest absolute Gasteiger partial charge is 0.494 e. The number of thiophene rings is 1. The fourth-order valence-electron chi connectivity index (χ4n) is 4.89. The molecule has 1 aromatic heterocycles. The third kappa shape index (κ3) is 14.9. The summed E-state index contributed by atoms with van der Waals surface area (Å²) in [5.74, 6) is 1.43. The van der Waals surface area contributed by atoms with Crippen LogP contribution in [-0.2, 0) is 16.0 Å². The van der Waals surface area contributed by atoms with E-state index in [0.717, 1.165) is 75.1 Å². The SMILES string of the molecule is CCCCCCC(F)COc1ccc(-c2ccc(OCCCCCCCCCCOC(=O)Cc3cc(Br)sc3Br)cc2)cc1. The van der Waals surface area contributed by atoms with Gasteiger partial charge in [-0.3, -0.25) is 4.79 Å². The number of hydrogen-bond donors (Lipinski definition) is 0. The highest BCUT2D eigenvalue weighted by Gasteiger charge is 2.11.